The minimum atomic E-state index is -1.41. The maximum Gasteiger partial charge on any atom is 0.256 e. The number of amides is 1. The molecule has 146 valence electrons. The monoisotopic (exact) mass is 390 g/mol. The molecule has 2 unspecified atom stereocenters. The predicted octanol–water partition coefficient (Wildman–Crippen LogP) is 5.38. The van der Waals surface area contributed by atoms with Crippen LogP contribution in [0.2, 0.25) is 0 Å². The van der Waals surface area contributed by atoms with E-state index in [1.54, 1.807) is 30.5 Å². The van der Waals surface area contributed by atoms with E-state index in [1.807, 2.05) is 37.3 Å². The summed E-state index contributed by atoms with van der Waals surface area (Å²) in [7, 11) is 0. The van der Waals surface area contributed by atoms with E-state index in [9.17, 15) is 9.18 Å². The van der Waals surface area contributed by atoms with Crippen LogP contribution in [0.1, 0.15) is 29.8 Å². The van der Waals surface area contributed by atoms with Crippen molar-refractivity contribution in [2.75, 3.05) is 5.32 Å². The molecule has 2 aromatic carbocycles. The lowest BCUT2D eigenvalue weighted by molar-refractivity contribution is 0.0860. The number of ether oxygens (including phenoxy) is 1. The summed E-state index contributed by atoms with van der Waals surface area (Å²) >= 11 is 0. The molecule has 6 nitrogen and oxygen atoms in total. The first-order chi connectivity index (χ1) is 14.0. The Labute approximate surface area is 167 Å². The van der Waals surface area contributed by atoms with E-state index in [0.29, 0.717) is 17.1 Å². The molecule has 0 saturated heterocycles. The lowest BCUT2D eigenvalue weighted by atomic mass is 10.1. The smallest absolute Gasteiger partial charge is 0.256 e. The van der Waals surface area contributed by atoms with Gasteiger partial charge in [-0.3, -0.25) is 4.79 Å². The summed E-state index contributed by atoms with van der Waals surface area (Å²) in [4.78, 5) is 16.8. The molecule has 0 radical (unpaired) electrons. The van der Waals surface area contributed by atoms with Crippen LogP contribution >= 0.6 is 0 Å². The molecular formula is C22H19FN4O2. The number of pyridine rings is 1. The van der Waals surface area contributed by atoms with Gasteiger partial charge in [-0.25, -0.2) is 9.37 Å². The molecule has 0 spiro atoms. The van der Waals surface area contributed by atoms with Crippen LogP contribution in [0.3, 0.4) is 0 Å². The van der Waals surface area contributed by atoms with Gasteiger partial charge in [-0.15, -0.1) is 0 Å². The normalized spacial score (nSPS) is 16.5. The number of hydrogen-bond donors (Lipinski definition) is 1. The Morgan fingerprint density at radius 2 is 1.93 bits per heavy atom. The van der Waals surface area contributed by atoms with Crippen LogP contribution in [0, 0.1) is 0 Å². The Balaban J connectivity index is 1.53. The van der Waals surface area contributed by atoms with E-state index in [1.165, 1.54) is 6.92 Å². The van der Waals surface area contributed by atoms with Crippen LogP contribution in [-0.4, -0.2) is 23.3 Å². The van der Waals surface area contributed by atoms with Gasteiger partial charge in [0.15, 0.2) is 0 Å². The van der Waals surface area contributed by atoms with Crippen molar-refractivity contribution < 1.29 is 13.9 Å². The first-order valence-electron chi connectivity index (χ1n) is 9.23. The highest BCUT2D eigenvalue weighted by Gasteiger charge is 2.12. The number of alkyl halides is 1. The molecule has 0 fully saturated rings. The summed E-state index contributed by atoms with van der Waals surface area (Å²) in [5.41, 5.74) is 2.23. The summed E-state index contributed by atoms with van der Waals surface area (Å²) in [5.74, 6) is 0.488. The van der Waals surface area contributed by atoms with Gasteiger partial charge in [-0.1, -0.05) is 12.1 Å². The van der Waals surface area contributed by atoms with Crippen molar-refractivity contribution in [3.63, 3.8) is 0 Å². The molecule has 1 aliphatic heterocycles. The Kier molecular flexibility index (Phi) is 5.03. The number of hydrogen-bond acceptors (Lipinski definition) is 5. The summed E-state index contributed by atoms with van der Waals surface area (Å²) in [6, 6.07) is 14.1. The topological polar surface area (TPSA) is 75.9 Å². The molecule has 0 saturated carbocycles. The number of benzene rings is 2. The van der Waals surface area contributed by atoms with Crippen molar-refractivity contribution in [3.05, 3.63) is 71.9 Å². The van der Waals surface area contributed by atoms with Crippen LogP contribution in [-0.2, 0) is 0 Å². The molecule has 1 aliphatic rings. The van der Waals surface area contributed by atoms with Crippen LogP contribution in [0.15, 0.2) is 71.0 Å². The predicted molar refractivity (Wildman–Crippen MR) is 110 cm³/mol. The van der Waals surface area contributed by atoms with Crippen molar-refractivity contribution >= 4 is 28.2 Å². The Morgan fingerprint density at radius 3 is 2.62 bits per heavy atom. The van der Waals surface area contributed by atoms with Crippen molar-refractivity contribution in [2.45, 2.75) is 26.2 Å². The van der Waals surface area contributed by atoms with Crippen LogP contribution in [0.5, 0.6) is 5.75 Å². The molecule has 0 aliphatic carbocycles. The lowest BCUT2D eigenvalue weighted by Crippen LogP contribution is -2.13. The molecule has 0 bridgehead atoms. The van der Waals surface area contributed by atoms with E-state index in [2.05, 4.69) is 20.5 Å². The lowest BCUT2D eigenvalue weighted by Gasteiger charge is -2.09. The average Bonchev–Trinajstić information content (AvgIpc) is 3.14. The highest BCUT2D eigenvalue weighted by Crippen LogP contribution is 2.27. The number of rotatable bonds is 5. The van der Waals surface area contributed by atoms with Gasteiger partial charge < -0.3 is 10.1 Å². The largest absolute Gasteiger partial charge is 0.461 e. The third-order valence-corrected chi connectivity index (χ3v) is 4.42. The van der Waals surface area contributed by atoms with Crippen molar-refractivity contribution in [3.8, 4) is 5.75 Å². The van der Waals surface area contributed by atoms with Crippen LogP contribution in [0.4, 0.5) is 10.2 Å². The van der Waals surface area contributed by atoms with Crippen LogP contribution in [0.25, 0.3) is 16.5 Å². The quantitative estimate of drug-likeness (QED) is 0.636. The Morgan fingerprint density at radius 1 is 1.14 bits per heavy atom. The van der Waals surface area contributed by atoms with Crippen molar-refractivity contribution in [1.82, 2.24) is 4.98 Å². The summed E-state index contributed by atoms with van der Waals surface area (Å²) < 4.78 is 17.8. The molecule has 1 N–H and O–H groups in total. The standard InChI is InChI=1S/C22H19FN4O2/c1-13-9-20(27-26-13)16-3-4-17-12-24-21(11-18(17)10-16)25-22(28)15-5-7-19(8-6-15)29-14(2)23/h3-14H,1-2H3,(H,24,25,28). The molecule has 2 heterocycles. The number of carbonyl (C=O) groups is 1. The maximum absolute atomic E-state index is 12.9. The Hall–Kier alpha value is -3.61. The number of nitrogens with zero attached hydrogens (tertiary/aromatic N) is 3. The fourth-order valence-corrected chi connectivity index (χ4v) is 3.03. The number of azo groups is 1. The second-order valence-electron chi connectivity index (χ2n) is 6.78. The van der Waals surface area contributed by atoms with E-state index >= 15 is 0 Å². The fraction of sp³-hybridized carbons (Fsp3) is 0.182. The second-order valence-corrected chi connectivity index (χ2v) is 6.78. The number of anilines is 1. The first kappa shape index (κ1) is 18.7. The van der Waals surface area contributed by atoms with Gasteiger partial charge in [0.25, 0.3) is 5.91 Å². The Bertz CT molecular complexity index is 1120. The molecule has 3 aromatic rings. The first-order valence-corrected chi connectivity index (χ1v) is 9.23. The molecule has 4 rings (SSSR count). The molecule has 2 atom stereocenters. The molecule has 7 heteroatoms. The maximum atomic E-state index is 12.9. The SMILES string of the molecule is CC1C=C(c2ccc3cnc(NC(=O)c4ccc(OC(C)F)cc4)cc3c2)N=N1. The minimum absolute atomic E-state index is 0.0814. The number of aromatic nitrogens is 1. The van der Waals surface area contributed by atoms with Crippen LogP contribution < -0.4 is 10.1 Å². The third kappa shape index (κ3) is 4.29. The zero-order chi connectivity index (χ0) is 20.4. The summed E-state index contributed by atoms with van der Waals surface area (Å²) in [6.07, 6.45) is 2.30. The number of nitrogens with one attached hydrogen (secondary N) is 1. The molecular weight excluding hydrogens is 371 g/mol. The number of fused-ring (bicyclic) bond motifs is 1. The van der Waals surface area contributed by atoms with Gasteiger partial charge in [-0.05, 0) is 54.8 Å². The van der Waals surface area contributed by atoms with E-state index in [-0.39, 0.29) is 11.9 Å². The van der Waals surface area contributed by atoms with Gasteiger partial charge in [0.05, 0.1) is 11.7 Å². The van der Waals surface area contributed by atoms with Gasteiger partial charge in [-0.2, -0.15) is 10.2 Å². The zero-order valence-electron chi connectivity index (χ0n) is 16.0. The molecule has 1 amide bonds. The van der Waals surface area contributed by atoms with Gasteiger partial charge >= 0.3 is 0 Å². The van der Waals surface area contributed by atoms with Crippen molar-refractivity contribution in [1.29, 1.82) is 0 Å². The van der Waals surface area contributed by atoms with Gasteiger partial charge in [0, 0.05) is 29.6 Å². The summed E-state index contributed by atoms with van der Waals surface area (Å²) in [5, 5.41) is 13.0. The van der Waals surface area contributed by atoms with E-state index in [4.69, 9.17) is 4.74 Å². The fourth-order valence-electron chi connectivity index (χ4n) is 3.03. The zero-order valence-corrected chi connectivity index (χ0v) is 16.0. The summed E-state index contributed by atoms with van der Waals surface area (Å²) in [6.45, 7) is 3.27. The highest BCUT2D eigenvalue weighted by atomic mass is 19.1. The van der Waals surface area contributed by atoms with E-state index < -0.39 is 6.36 Å². The number of carbonyl (C=O) groups excluding carboxylic acids is 1. The second kappa shape index (κ2) is 7.79. The van der Waals surface area contributed by atoms with Gasteiger partial charge in [0.1, 0.15) is 11.6 Å². The third-order valence-electron chi connectivity index (χ3n) is 4.42. The average molecular weight is 390 g/mol. The van der Waals surface area contributed by atoms with E-state index in [0.717, 1.165) is 22.0 Å². The molecule has 29 heavy (non-hydrogen) atoms. The van der Waals surface area contributed by atoms with Gasteiger partial charge in [0.2, 0.25) is 6.36 Å². The molecule has 1 aromatic heterocycles. The highest BCUT2D eigenvalue weighted by molar-refractivity contribution is 6.04. The van der Waals surface area contributed by atoms with Crippen molar-refractivity contribution in [2.24, 2.45) is 10.2 Å². The number of halogens is 1. The minimum Gasteiger partial charge on any atom is -0.461 e.